The van der Waals surface area contributed by atoms with Crippen molar-refractivity contribution in [3.05, 3.63) is 71.8 Å². The first kappa shape index (κ1) is 16.1. The smallest absolute Gasteiger partial charge is 0.133 e. The molecule has 2 aromatic rings. The maximum absolute atomic E-state index is 11.3. The normalized spacial score (nSPS) is 27.3. The van der Waals surface area contributed by atoms with Gasteiger partial charge in [-0.15, -0.1) is 0 Å². The summed E-state index contributed by atoms with van der Waals surface area (Å²) >= 11 is 1.18. The fraction of sp³-hybridized carbons (Fsp3) is 0.316. The first-order valence-electron chi connectivity index (χ1n) is 7.70. The largest absolute Gasteiger partial charge is 0.385 e. The zero-order chi connectivity index (χ0) is 16.1. The molecular weight excluding hydrogens is 306 g/mol. The minimum Gasteiger partial charge on any atom is -0.385 e. The Morgan fingerprint density at radius 3 is 2.39 bits per heavy atom. The number of rotatable bonds is 4. The quantitative estimate of drug-likeness (QED) is 0.863. The average Bonchev–Trinajstić information content (AvgIpc) is 2.61. The van der Waals surface area contributed by atoms with Gasteiger partial charge in [0, 0.05) is 18.6 Å². The highest BCUT2D eigenvalue weighted by atomic mass is 32.2. The molecule has 0 radical (unpaired) electrons. The van der Waals surface area contributed by atoms with Gasteiger partial charge in [0.25, 0.3) is 0 Å². The van der Waals surface area contributed by atoms with Crippen molar-refractivity contribution in [1.29, 1.82) is 5.26 Å². The molecule has 3 atom stereocenters. The minimum absolute atomic E-state index is 0.149. The minimum atomic E-state index is -0.930. The molecule has 3 nitrogen and oxygen atoms in total. The maximum Gasteiger partial charge on any atom is 0.133 e. The third-order valence-corrected chi connectivity index (χ3v) is 4.93. The summed E-state index contributed by atoms with van der Waals surface area (Å²) in [5, 5.41) is 22.2. The van der Waals surface area contributed by atoms with Crippen molar-refractivity contribution < 1.29 is 9.84 Å². The van der Waals surface area contributed by atoms with Crippen LogP contribution in [-0.2, 0) is 10.3 Å². The molecule has 1 aliphatic rings. The van der Waals surface area contributed by atoms with Crippen molar-refractivity contribution in [2.45, 2.75) is 30.7 Å². The molecule has 0 saturated carbocycles. The van der Waals surface area contributed by atoms with Crippen LogP contribution < -0.4 is 0 Å². The van der Waals surface area contributed by atoms with Crippen LogP contribution in [0.4, 0.5) is 0 Å². The van der Waals surface area contributed by atoms with E-state index in [1.54, 1.807) is 0 Å². The van der Waals surface area contributed by atoms with E-state index in [9.17, 15) is 5.11 Å². The summed E-state index contributed by atoms with van der Waals surface area (Å²) in [5.41, 5.74) is 1.05. The number of nitrogens with zero attached hydrogens (tertiary/aromatic N) is 1. The van der Waals surface area contributed by atoms with Crippen LogP contribution in [0, 0.1) is 10.7 Å². The lowest BCUT2D eigenvalue weighted by molar-refractivity contribution is -0.142. The Kier molecular flexibility index (Phi) is 5.02. The molecule has 3 rings (SSSR count). The number of aliphatic hydroxyl groups is 1. The van der Waals surface area contributed by atoms with Crippen LogP contribution in [0.25, 0.3) is 0 Å². The van der Waals surface area contributed by atoms with Crippen LogP contribution in [0.15, 0.2) is 60.7 Å². The summed E-state index contributed by atoms with van der Waals surface area (Å²) in [4.78, 5) is 0. The molecule has 0 unspecified atom stereocenters. The van der Waals surface area contributed by atoms with E-state index in [0.29, 0.717) is 18.6 Å². The Bertz CT molecular complexity index is 671. The second-order valence-electron chi connectivity index (χ2n) is 5.87. The van der Waals surface area contributed by atoms with E-state index >= 15 is 0 Å². The van der Waals surface area contributed by atoms with Gasteiger partial charge in [-0.3, -0.25) is 0 Å². The Labute approximate surface area is 140 Å². The molecule has 1 N–H and O–H groups in total. The van der Waals surface area contributed by atoms with Gasteiger partial charge >= 0.3 is 0 Å². The van der Waals surface area contributed by atoms with E-state index in [-0.39, 0.29) is 12.2 Å². The summed E-state index contributed by atoms with van der Waals surface area (Å²) < 4.78 is 6.16. The maximum atomic E-state index is 11.3. The van der Waals surface area contributed by atoms with Crippen LogP contribution in [0.5, 0.6) is 0 Å². The topological polar surface area (TPSA) is 53.2 Å². The number of ether oxygens (including phenoxy) is 1. The van der Waals surface area contributed by atoms with Crippen LogP contribution >= 0.6 is 11.8 Å². The first-order chi connectivity index (χ1) is 11.2. The van der Waals surface area contributed by atoms with E-state index in [2.05, 4.69) is 5.40 Å². The number of hydrogen-bond donors (Lipinski definition) is 1. The summed E-state index contributed by atoms with van der Waals surface area (Å²) in [6, 6.07) is 19.7. The zero-order valence-electron chi connectivity index (χ0n) is 12.8. The van der Waals surface area contributed by atoms with Crippen LogP contribution in [0.3, 0.4) is 0 Å². The molecule has 1 fully saturated rings. The second kappa shape index (κ2) is 7.18. The van der Waals surface area contributed by atoms with Crippen molar-refractivity contribution in [1.82, 2.24) is 0 Å². The molecule has 0 aromatic heterocycles. The third-order valence-electron chi connectivity index (χ3n) is 4.26. The highest BCUT2D eigenvalue weighted by Gasteiger charge is 2.41. The van der Waals surface area contributed by atoms with E-state index in [4.69, 9.17) is 10.00 Å². The Morgan fingerprint density at radius 1 is 1.09 bits per heavy atom. The van der Waals surface area contributed by atoms with Crippen LogP contribution in [0.1, 0.15) is 30.1 Å². The monoisotopic (exact) mass is 325 g/mol. The molecule has 0 amide bonds. The highest BCUT2D eigenvalue weighted by molar-refractivity contribution is 8.03. The lowest BCUT2D eigenvalue weighted by Crippen LogP contribution is -2.41. The molecule has 1 saturated heterocycles. The van der Waals surface area contributed by atoms with Gasteiger partial charge in [0.05, 0.1) is 17.8 Å². The SMILES string of the molecule is N#CSC[C@@H]1C[C@@](O)(c2ccccc2)C[C@H](c2ccccc2)O1. The van der Waals surface area contributed by atoms with Gasteiger partial charge in [0.2, 0.25) is 0 Å². The summed E-state index contributed by atoms with van der Waals surface area (Å²) in [7, 11) is 0. The summed E-state index contributed by atoms with van der Waals surface area (Å²) in [6.45, 7) is 0. The number of nitriles is 1. The van der Waals surface area contributed by atoms with E-state index in [1.165, 1.54) is 11.8 Å². The Morgan fingerprint density at radius 2 is 1.74 bits per heavy atom. The molecule has 0 aliphatic carbocycles. The Hall–Kier alpha value is -1.80. The zero-order valence-corrected chi connectivity index (χ0v) is 13.6. The molecule has 23 heavy (non-hydrogen) atoms. The molecule has 1 aliphatic heterocycles. The average molecular weight is 325 g/mol. The van der Waals surface area contributed by atoms with Gasteiger partial charge in [-0.25, -0.2) is 0 Å². The number of thiocyanates is 1. The number of hydrogen-bond acceptors (Lipinski definition) is 4. The van der Waals surface area contributed by atoms with Gasteiger partial charge < -0.3 is 9.84 Å². The van der Waals surface area contributed by atoms with E-state index in [1.807, 2.05) is 60.7 Å². The highest BCUT2D eigenvalue weighted by Crippen LogP contribution is 2.43. The fourth-order valence-corrected chi connectivity index (χ4v) is 3.63. The molecule has 4 heteroatoms. The molecule has 118 valence electrons. The van der Waals surface area contributed by atoms with Crippen molar-refractivity contribution in [3.63, 3.8) is 0 Å². The van der Waals surface area contributed by atoms with Gasteiger partial charge in [-0.05, 0) is 22.9 Å². The molecule has 0 spiro atoms. The molecular formula is C19H19NO2S. The van der Waals surface area contributed by atoms with Gasteiger partial charge in [-0.1, -0.05) is 60.7 Å². The van der Waals surface area contributed by atoms with Gasteiger partial charge in [-0.2, -0.15) is 5.26 Å². The van der Waals surface area contributed by atoms with E-state index in [0.717, 1.165) is 11.1 Å². The standard InChI is InChI=1S/C19H19NO2S/c20-14-23-13-17-11-19(21,16-9-5-2-6-10-16)12-18(22-17)15-7-3-1-4-8-15/h1-10,17-18,21H,11-13H2/t17-,18+,19-/m0/s1. The molecule has 1 heterocycles. The predicted octanol–water partition coefficient (Wildman–Crippen LogP) is 4.01. The van der Waals surface area contributed by atoms with Crippen LogP contribution in [-0.4, -0.2) is 17.0 Å². The molecule has 0 bridgehead atoms. The van der Waals surface area contributed by atoms with E-state index < -0.39 is 5.60 Å². The fourth-order valence-electron chi connectivity index (χ4n) is 3.17. The van der Waals surface area contributed by atoms with Crippen molar-refractivity contribution in [3.8, 4) is 5.40 Å². The third kappa shape index (κ3) is 3.76. The predicted molar refractivity (Wildman–Crippen MR) is 91.7 cm³/mol. The summed E-state index contributed by atoms with van der Waals surface area (Å²) in [5.74, 6) is 0.564. The van der Waals surface area contributed by atoms with Gasteiger partial charge in [0.15, 0.2) is 0 Å². The van der Waals surface area contributed by atoms with Crippen molar-refractivity contribution in [2.75, 3.05) is 5.75 Å². The van der Waals surface area contributed by atoms with Crippen molar-refractivity contribution >= 4 is 11.8 Å². The number of benzene rings is 2. The Balaban J connectivity index is 1.89. The second-order valence-corrected chi connectivity index (χ2v) is 6.67. The van der Waals surface area contributed by atoms with Gasteiger partial charge in [0.1, 0.15) is 5.40 Å². The molecule has 2 aromatic carbocycles. The van der Waals surface area contributed by atoms with Crippen LogP contribution in [0.2, 0.25) is 0 Å². The summed E-state index contributed by atoms with van der Waals surface area (Å²) in [6.07, 6.45) is 0.715. The lowest BCUT2D eigenvalue weighted by atomic mass is 9.80. The first-order valence-corrected chi connectivity index (χ1v) is 8.69. The lowest BCUT2D eigenvalue weighted by Gasteiger charge is -2.41. The number of thioether (sulfide) groups is 1. The van der Waals surface area contributed by atoms with Crippen molar-refractivity contribution in [2.24, 2.45) is 0 Å².